The summed E-state index contributed by atoms with van der Waals surface area (Å²) < 4.78 is 5.37. The second-order valence-electron chi connectivity index (χ2n) is 6.58. The van der Waals surface area contributed by atoms with Crippen LogP contribution in [-0.4, -0.2) is 63.9 Å². The van der Waals surface area contributed by atoms with E-state index in [9.17, 15) is 9.59 Å². The fourth-order valence-corrected chi connectivity index (χ4v) is 3.34. The van der Waals surface area contributed by atoms with Crippen molar-refractivity contribution < 1.29 is 19.5 Å². The van der Waals surface area contributed by atoms with Gasteiger partial charge in [-0.1, -0.05) is 0 Å². The van der Waals surface area contributed by atoms with Crippen LogP contribution in [0.25, 0.3) is 0 Å². The maximum absolute atomic E-state index is 12.1. The molecule has 3 aliphatic rings. The lowest BCUT2D eigenvalue weighted by atomic mass is 10.2. The van der Waals surface area contributed by atoms with Gasteiger partial charge in [-0.05, 0) is 25.2 Å². The Kier molecular flexibility index (Phi) is 3.72. The third-order valence-electron chi connectivity index (χ3n) is 4.87. The maximum atomic E-state index is 12.1. The minimum absolute atomic E-state index is 0.116. The van der Waals surface area contributed by atoms with Crippen LogP contribution >= 0.6 is 0 Å². The van der Waals surface area contributed by atoms with Crippen LogP contribution in [0, 0.1) is 5.92 Å². The zero-order valence-corrected chi connectivity index (χ0v) is 13.1. The van der Waals surface area contributed by atoms with Crippen LogP contribution < -0.4 is 10.4 Å². The number of amides is 2. The highest BCUT2D eigenvalue weighted by atomic mass is 16.6. The molecule has 4 rings (SSSR count). The highest BCUT2D eigenvalue weighted by molar-refractivity contribution is 5.92. The van der Waals surface area contributed by atoms with Crippen molar-refractivity contribution in [1.82, 2.24) is 20.3 Å². The van der Waals surface area contributed by atoms with Crippen LogP contribution in [0.1, 0.15) is 29.6 Å². The third kappa shape index (κ3) is 2.75. The van der Waals surface area contributed by atoms with Crippen LogP contribution in [-0.2, 0) is 4.74 Å². The third-order valence-corrected chi connectivity index (χ3v) is 4.87. The van der Waals surface area contributed by atoms with Gasteiger partial charge in [-0.3, -0.25) is 10.0 Å². The zero-order chi connectivity index (χ0) is 16.7. The predicted octanol–water partition coefficient (Wildman–Crippen LogP) is 0.405. The second kappa shape index (κ2) is 5.90. The number of nitrogens with zero attached hydrogens (tertiary/aromatic N) is 4. The van der Waals surface area contributed by atoms with Crippen molar-refractivity contribution >= 4 is 17.9 Å². The molecule has 1 saturated carbocycles. The van der Waals surface area contributed by atoms with Gasteiger partial charge in [0.2, 0.25) is 5.95 Å². The number of carbonyl (C=O) groups is 2. The topological polar surface area (TPSA) is 108 Å². The smallest absolute Gasteiger partial charge is 0.410 e. The van der Waals surface area contributed by atoms with E-state index in [1.807, 2.05) is 0 Å². The molecule has 1 aliphatic carbocycles. The Balaban J connectivity index is 1.37. The van der Waals surface area contributed by atoms with E-state index in [0.29, 0.717) is 31.6 Å². The summed E-state index contributed by atoms with van der Waals surface area (Å²) in [7, 11) is 0. The van der Waals surface area contributed by atoms with Crippen molar-refractivity contribution in [3.05, 3.63) is 18.0 Å². The lowest BCUT2D eigenvalue weighted by Gasteiger charge is -2.33. The molecule has 9 heteroatoms. The predicted molar refractivity (Wildman–Crippen MR) is 81.6 cm³/mol. The fraction of sp³-hybridized carbons (Fsp3) is 0.600. The van der Waals surface area contributed by atoms with E-state index in [4.69, 9.17) is 9.94 Å². The summed E-state index contributed by atoms with van der Waals surface area (Å²) in [5, 5.41) is 8.60. The van der Waals surface area contributed by atoms with Gasteiger partial charge in [-0.2, -0.15) is 0 Å². The van der Waals surface area contributed by atoms with Crippen molar-refractivity contribution in [3.63, 3.8) is 0 Å². The van der Waals surface area contributed by atoms with Crippen LogP contribution in [0.5, 0.6) is 0 Å². The lowest BCUT2D eigenvalue weighted by Crippen LogP contribution is -2.49. The number of nitrogens with one attached hydrogen (secondary N) is 1. The van der Waals surface area contributed by atoms with Crippen molar-refractivity contribution in [2.24, 2.45) is 5.92 Å². The van der Waals surface area contributed by atoms with E-state index in [2.05, 4.69) is 14.9 Å². The molecule has 1 unspecified atom stereocenters. The molecule has 2 N–H and O–H groups in total. The molecular formula is C15H19N5O4. The molecule has 24 heavy (non-hydrogen) atoms. The van der Waals surface area contributed by atoms with Gasteiger partial charge >= 0.3 is 6.09 Å². The summed E-state index contributed by atoms with van der Waals surface area (Å²) in [5.41, 5.74) is 1.74. The molecule has 0 spiro atoms. The van der Waals surface area contributed by atoms with Gasteiger partial charge in [0.15, 0.2) is 0 Å². The Morgan fingerprint density at radius 3 is 2.58 bits per heavy atom. The Hall–Kier alpha value is -2.42. The van der Waals surface area contributed by atoms with E-state index in [1.165, 1.54) is 12.4 Å². The van der Waals surface area contributed by atoms with Crippen LogP contribution in [0.4, 0.5) is 10.7 Å². The van der Waals surface area contributed by atoms with E-state index in [-0.39, 0.29) is 23.7 Å². The normalized spacial score (nSPS) is 25.0. The SMILES string of the molecule is O=C(NO)c1cnc(N2CC3C[C@H]2CN3C(=O)OCC2CC2)nc1. The first-order valence-corrected chi connectivity index (χ1v) is 8.12. The minimum Gasteiger partial charge on any atom is -0.449 e. The van der Waals surface area contributed by atoms with Gasteiger partial charge in [0.05, 0.1) is 24.3 Å². The molecule has 2 amide bonds. The van der Waals surface area contributed by atoms with Gasteiger partial charge in [-0.25, -0.2) is 20.2 Å². The standard InChI is InChI=1S/C15H19N5O4/c21-13(18-23)10-4-16-14(17-5-10)19-6-12-3-11(19)7-20(12)15(22)24-8-9-1-2-9/h4-5,9,11-12,23H,1-3,6-8H2,(H,18,21)/t11-,12?/m0/s1. The molecule has 128 valence electrons. The van der Waals surface area contributed by atoms with Crippen molar-refractivity contribution in [3.8, 4) is 0 Å². The molecule has 0 radical (unpaired) electrons. The number of ether oxygens (including phenoxy) is 1. The number of carbonyl (C=O) groups excluding carboxylic acids is 2. The van der Waals surface area contributed by atoms with Crippen LogP contribution in [0.3, 0.4) is 0 Å². The van der Waals surface area contributed by atoms with E-state index in [1.54, 1.807) is 10.4 Å². The highest BCUT2D eigenvalue weighted by Crippen LogP contribution is 2.34. The Morgan fingerprint density at radius 2 is 2.00 bits per heavy atom. The van der Waals surface area contributed by atoms with Gasteiger partial charge in [0, 0.05) is 25.5 Å². The van der Waals surface area contributed by atoms with E-state index >= 15 is 0 Å². The molecule has 3 fully saturated rings. The van der Waals surface area contributed by atoms with Crippen molar-refractivity contribution in [2.75, 3.05) is 24.6 Å². The Labute approximate surface area is 138 Å². The first kappa shape index (κ1) is 15.1. The lowest BCUT2D eigenvalue weighted by molar-refractivity contribution is 0.0705. The van der Waals surface area contributed by atoms with Crippen LogP contribution in [0.15, 0.2) is 12.4 Å². The summed E-state index contributed by atoms with van der Waals surface area (Å²) in [5.74, 6) is 0.449. The van der Waals surface area contributed by atoms with Gasteiger partial charge in [-0.15, -0.1) is 0 Å². The number of piperazine rings is 1. The number of aromatic nitrogens is 2. The average molecular weight is 333 g/mol. The van der Waals surface area contributed by atoms with Gasteiger partial charge in [0.25, 0.3) is 5.91 Å². The van der Waals surface area contributed by atoms with Crippen molar-refractivity contribution in [1.29, 1.82) is 0 Å². The Bertz CT molecular complexity index is 648. The summed E-state index contributed by atoms with van der Waals surface area (Å²) in [6.45, 7) is 1.80. The number of hydrogen-bond donors (Lipinski definition) is 2. The second-order valence-corrected chi connectivity index (χ2v) is 6.58. The quantitative estimate of drug-likeness (QED) is 0.607. The summed E-state index contributed by atoms with van der Waals surface area (Å²) >= 11 is 0. The average Bonchev–Trinajstić information content (AvgIpc) is 3.23. The number of fused-ring (bicyclic) bond motifs is 2. The molecular weight excluding hydrogens is 314 g/mol. The molecule has 1 aromatic heterocycles. The monoisotopic (exact) mass is 333 g/mol. The first-order valence-electron chi connectivity index (χ1n) is 8.12. The Morgan fingerprint density at radius 1 is 1.25 bits per heavy atom. The highest BCUT2D eigenvalue weighted by Gasteiger charge is 2.47. The molecule has 2 atom stereocenters. The molecule has 3 heterocycles. The zero-order valence-electron chi connectivity index (χ0n) is 13.1. The number of hydroxylamine groups is 1. The van der Waals surface area contributed by atoms with Crippen LogP contribution in [0.2, 0.25) is 0 Å². The number of likely N-dealkylation sites (tertiary alicyclic amines) is 1. The molecule has 9 nitrogen and oxygen atoms in total. The van der Waals surface area contributed by atoms with E-state index < -0.39 is 5.91 Å². The molecule has 2 bridgehead atoms. The molecule has 1 aromatic rings. The molecule has 0 aromatic carbocycles. The first-order chi connectivity index (χ1) is 11.7. The molecule has 2 saturated heterocycles. The molecule has 2 aliphatic heterocycles. The maximum Gasteiger partial charge on any atom is 0.410 e. The number of anilines is 1. The summed E-state index contributed by atoms with van der Waals surface area (Å²) in [4.78, 5) is 35.7. The van der Waals surface area contributed by atoms with Gasteiger partial charge in [0.1, 0.15) is 0 Å². The number of hydrogen-bond acceptors (Lipinski definition) is 7. The van der Waals surface area contributed by atoms with Crippen molar-refractivity contribution in [2.45, 2.75) is 31.3 Å². The number of rotatable bonds is 4. The van der Waals surface area contributed by atoms with Gasteiger partial charge < -0.3 is 14.5 Å². The summed E-state index contributed by atoms with van der Waals surface area (Å²) in [6, 6.07) is 0.284. The van der Waals surface area contributed by atoms with E-state index in [0.717, 1.165) is 19.3 Å². The summed E-state index contributed by atoms with van der Waals surface area (Å²) in [6.07, 6.45) is 5.73. The minimum atomic E-state index is -0.644. The fourth-order valence-electron chi connectivity index (χ4n) is 3.34. The largest absolute Gasteiger partial charge is 0.449 e.